The molecule has 0 aromatic rings. The Balaban J connectivity index is 0.675. The van der Waals surface area contributed by atoms with Crippen molar-refractivity contribution in [2.45, 2.75) is 290 Å². The predicted octanol–water partition coefficient (Wildman–Crippen LogP) is 18.0. The first-order valence-corrected chi connectivity index (χ1v) is 37.2. The number of fused-ring (bicyclic) bond motifs is 10. The monoisotopic (exact) mass is 1210 g/mol. The summed E-state index contributed by atoms with van der Waals surface area (Å²) in [6.45, 7) is 12.7. The second-order valence-electron chi connectivity index (χ2n) is 30.2. The van der Waals surface area contributed by atoms with Crippen LogP contribution in [0.15, 0.2) is 24.3 Å². The van der Waals surface area contributed by atoms with Crippen LogP contribution in [-0.4, -0.2) is 73.6 Å². The first-order chi connectivity index (χ1) is 42.4. The molecule has 7 fully saturated rings. The van der Waals surface area contributed by atoms with Crippen molar-refractivity contribution in [3.8, 4) is 0 Å². The summed E-state index contributed by atoms with van der Waals surface area (Å²) in [7, 11) is 0. The number of unbranched alkanes of at least 4 members (excludes halogenated alkanes) is 20. The molecule has 0 spiro atoms. The zero-order valence-electron chi connectivity index (χ0n) is 55.4. The second kappa shape index (κ2) is 37.1. The highest BCUT2D eigenvalue weighted by Crippen LogP contribution is 2.63. The molecule has 0 N–H and O–H groups in total. The van der Waals surface area contributed by atoms with Crippen LogP contribution in [-0.2, 0) is 47.7 Å². The van der Waals surface area contributed by atoms with Crippen LogP contribution in [0.4, 0.5) is 0 Å². The summed E-state index contributed by atoms with van der Waals surface area (Å²) >= 11 is 0. The number of amides is 2. The minimum atomic E-state index is -0.263. The molecule has 2 amide bonds. The molecule has 0 saturated heterocycles. The van der Waals surface area contributed by atoms with E-state index in [9.17, 15) is 28.8 Å². The first-order valence-electron chi connectivity index (χ1n) is 37.2. The Morgan fingerprint density at radius 3 is 1.23 bits per heavy atom. The van der Waals surface area contributed by atoms with Crippen LogP contribution in [0.3, 0.4) is 0 Å². The minimum absolute atomic E-state index is 0.00307. The van der Waals surface area contributed by atoms with E-state index in [4.69, 9.17) is 18.9 Å². The largest absolute Gasteiger partial charge is 0.465 e. The summed E-state index contributed by atoms with van der Waals surface area (Å²) in [5.41, 5.74) is 0.477. The lowest BCUT2D eigenvalue weighted by atomic mass is 9.61. The summed E-state index contributed by atoms with van der Waals surface area (Å²) in [5, 5.41) is 0. The zero-order valence-corrected chi connectivity index (χ0v) is 55.4. The molecule has 1 aliphatic heterocycles. The Hall–Kier alpha value is -3.50. The van der Waals surface area contributed by atoms with Gasteiger partial charge in [0, 0.05) is 43.5 Å². The topological polar surface area (TPSA) is 143 Å². The molecule has 16 atom stereocenters. The van der Waals surface area contributed by atoms with Crippen molar-refractivity contribution >= 4 is 35.7 Å². The van der Waals surface area contributed by atoms with Gasteiger partial charge in [-0.2, -0.15) is 0 Å². The molecule has 492 valence electrons. The van der Waals surface area contributed by atoms with Gasteiger partial charge < -0.3 is 18.9 Å². The Bertz CT molecular complexity index is 2150. The summed E-state index contributed by atoms with van der Waals surface area (Å²) in [6.07, 6.45) is 52.6. The van der Waals surface area contributed by atoms with Crippen LogP contribution in [0, 0.1) is 94.7 Å². The number of rotatable bonds is 45. The molecular weight excluding hydrogens is 1090 g/mol. The maximum absolute atomic E-state index is 13.0. The Morgan fingerprint density at radius 1 is 0.414 bits per heavy atom. The van der Waals surface area contributed by atoms with E-state index in [0.717, 1.165) is 92.8 Å². The summed E-state index contributed by atoms with van der Waals surface area (Å²) in [6, 6.07) is 0. The molecule has 12 unspecified atom stereocenters. The molecule has 0 radical (unpaired) electrons. The van der Waals surface area contributed by atoms with E-state index in [-0.39, 0.29) is 35.7 Å². The number of imide groups is 1. The number of nitrogens with zero attached hydrogens (tertiary/aromatic N) is 1. The van der Waals surface area contributed by atoms with E-state index >= 15 is 0 Å². The molecule has 87 heavy (non-hydrogen) atoms. The summed E-state index contributed by atoms with van der Waals surface area (Å²) in [4.78, 5) is 75.3. The Kier molecular flexibility index (Phi) is 29.6. The lowest BCUT2D eigenvalue weighted by molar-refractivity contribution is -0.146. The quantitative estimate of drug-likeness (QED) is 0.0190. The predicted molar refractivity (Wildman–Crippen MR) is 346 cm³/mol. The van der Waals surface area contributed by atoms with Gasteiger partial charge in [-0.1, -0.05) is 168 Å². The van der Waals surface area contributed by atoms with E-state index in [1.54, 1.807) is 6.92 Å². The molecule has 0 aromatic heterocycles. The number of hydrogen-bond acceptors (Lipinski definition) is 10. The fraction of sp³-hybridized carbons (Fsp3) is 0.868. The molecule has 8 rings (SSSR count). The number of carbonyl (C=O) groups is 6. The maximum atomic E-state index is 13.0. The fourth-order valence-corrected chi connectivity index (χ4v) is 19.7. The summed E-state index contributed by atoms with van der Waals surface area (Å²) < 4.78 is 23.3. The lowest BCUT2D eigenvalue weighted by Crippen LogP contribution is -2.35. The van der Waals surface area contributed by atoms with E-state index in [0.29, 0.717) is 124 Å². The van der Waals surface area contributed by atoms with Gasteiger partial charge in [-0.25, -0.2) is 4.79 Å². The third-order valence-electron chi connectivity index (χ3n) is 24.1. The number of ether oxygens (including phenoxy) is 4. The van der Waals surface area contributed by atoms with Crippen LogP contribution >= 0.6 is 0 Å². The molecule has 8 aliphatic rings. The van der Waals surface area contributed by atoms with Gasteiger partial charge in [-0.05, 0) is 204 Å². The smallest absolute Gasteiger partial charge is 0.333 e. The van der Waals surface area contributed by atoms with Gasteiger partial charge in [0.1, 0.15) is 0 Å². The third-order valence-corrected chi connectivity index (χ3v) is 24.1. The van der Waals surface area contributed by atoms with Crippen molar-refractivity contribution in [1.29, 1.82) is 0 Å². The van der Waals surface area contributed by atoms with Gasteiger partial charge >= 0.3 is 23.9 Å². The maximum Gasteiger partial charge on any atom is 0.333 e. The second-order valence-corrected chi connectivity index (χ2v) is 30.2. The average molecular weight is 1210 g/mol. The van der Waals surface area contributed by atoms with Gasteiger partial charge in [0.25, 0.3) is 11.8 Å². The lowest BCUT2D eigenvalue weighted by Gasteiger charge is -2.44. The molecule has 11 nitrogen and oxygen atoms in total. The van der Waals surface area contributed by atoms with Gasteiger partial charge in [-0.15, -0.1) is 0 Å². The molecule has 11 heteroatoms. The number of hydrogen-bond donors (Lipinski definition) is 0. The van der Waals surface area contributed by atoms with Crippen molar-refractivity contribution < 1.29 is 47.7 Å². The highest BCUT2D eigenvalue weighted by atomic mass is 16.5. The molecular formula is C76H123NO10. The highest BCUT2D eigenvalue weighted by molar-refractivity contribution is 6.12. The van der Waals surface area contributed by atoms with Gasteiger partial charge in [0.2, 0.25) is 0 Å². The third kappa shape index (κ3) is 21.3. The Morgan fingerprint density at radius 2 is 0.782 bits per heavy atom. The fourth-order valence-electron chi connectivity index (χ4n) is 19.7. The van der Waals surface area contributed by atoms with Crippen molar-refractivity contribution in [1.82, 2.24) is 4.90 Å². The van der Waals surface area contributed by atoms with Gasteiger partial charge in [-0.3, -0.25) is 28.9 Å². The molecule has 7 saturated carbocycles. The first kappa shape index (κ1) is 69.4. The molecule has 0 aromatic carbocycles. The van der Waals surface area contributed by atoms with E-state index in [1.165, 1.54) is 203 Å². The van der Waals surface area contributed by atoms with Gasteiger partial charge in [0.05, 0.1) is 26.4 Å². The average Bonchev–Trinajstić information content (AvgIpc) is 1.67. The van der Waals surface area contributed by atoms with Crippen LogP contribution in [0.1, 0.15) is 290 Å². The zero-order chi connectivity index (χ0) is 61.3. The van der Waals surface area contributed by atoms with E-state index in [1.807, 2.05) is 0 Å². The highest BCUT2D eigenvalue weighted by Gasteiger charge is 2.57. The van der Waals surface area contributed by atoms with Crippen LogP contribution in [0.5, 0.6) is 0 Å². The van der Waals surface area contributed by atoms with Crippen LogP contribution in [0.25, 0.3) is 0 Å². The van der Waals surface area contributed by atoms with Crippen molar-refractivity contribution in [2.24, 2.45) is 94.7 Å². The molecule has 4 bridgehead atoms. The van der Waals surface area contributed by atoms with Crippen molar-refractivity contribution in [3.05, 3.63) is 24.3 Å². The van der Waals surface area contributed by atoms with E-state index < -0.39 is 0 Å². The standard InChI is InChI=1S/C76H123NO10/c1-5-7-9-11-16-23-31-58-38-37-57(30-22-10-8-6-2)63(32-24-17-12-14-19-26-34-73(80)84-50-56-43-66-60-47-62(53-87-76(83)54(3)4)68(49-60)70(66)45-56)64(58)33-25-18-13-15-20-27-35-75(82)86-52-61-46-59-48-67(61)69-44-55(42-65(59)69)51-85-74(81)36-28-21-29-41-77-71(78)39-40-72(77)79/h39-40,55-70H,3,5-38,41-53H2,1-2,4H3/t55?,56?,57?,58?,59?,60?,61?,62?,63?,64?,65-,66-,67?,68?,69-,70-/m0/s1. The van der Waals surface area contributed by atoms with Crippen LogP contribution < -0.4 is 0 Å². The SMILES string of the molecule is C=C(C)C(=O)OCC1CC2CC1[C@H]1CC(COC(=O)CCCCCCCCC3C(CCCCCC)CCC(CCCCCCCC)C3CCCCCCCCC(=O)OCC3CC4CC3[C@H]3CC(COC(=O)CCCCCN5C(=O)C=CC5=O)C[C@@H]43)C[C@@H]21. The molecule has 1 heterocycles. The minimum Gasteiger partial charge on any atom is -0.465 e. The normalized spacial score (nSPS) is 31.0. The van der Waals surface area contributed by atoms with Crippen molar-refractivity contribution in [2.75, 3.05) is 33.0 Å². The van der Waals surface area contributed by atoms with E-state index in [2.05, 4.69) is 20.4 Å². The van der Waals surface area contributed by atoms with Crippen molar-refractivity contribution in [3.63, 3.8) is 0 Å². The number of esters is 4. The molecule has 7 aliphatic carbocycles. The summed E-state index contributed by atoms with van der Waals surface area (Å²) in [5.74, 6) is 10.1. The van der Waals surface area contributed by atoms with Crippen LogP contribution in [0.2, 0.25) is 0 Å². The Labute approximate surface area is 528 Å². The van der Waals surface area contributed by atoms with Gasteiger partial charge in [0.15, 0.2) is 0 Å². The number of carbonyl (C=O) groups excluding carboxylic acids is 6.